The Bertz CT molecular complexity index is 764. The van der Waals surface area contributed by atoms with Gasteiger partial charge in [0, 0.05) is 43.0 Å². The molecule has 0 bridgehead atoms. The van der Waals surface area contributed by atoms with Gasteiger partial charge in [-0.05, 0) is 54.4 Å². The summed E-state index contributed by atoms with van der Waals surface area (Å²) in [6, 6.07) is 14.0. The number of nitrogens with zero attached hydrogens (tertiary/aromatic N) is 1. The second-order valence-electron chi connectivity index (χ2n) is 5.57. The second kappa shape index (κ2) is 5.95. The highest BCUT2D eigenvalue weighted by Crippen LogP contribution is 2.16. The van der Waals surface area contributed by atoms with Gasteiger partial charge >= 0.3 is 0 Å². The molecule has 0 radical (unpaired) electrons. The summed E-state index contributed by atoms with van der Waals surface area (Å²) in [5.41, 5.74) is 4.95. The lowest BCUT2D eigenvalue weighted by molar-refractivity contribution is 0.0946. The fraction of sp³-hybridized carbons (Fsp3) is 0.211. The Hall–Kier alpha value is -2.73. The zero-order chi connectivity index (χ0) is 15.5. The lowest BCUT2D eigenvalue weighted by Crippen LogP contribution is -2.31. The number of carbonyl (C=O) groups excluding carboxylic acids is 1. The number of carbonyl (C=O) groups is 1. The molecule has 0 spiro atoms. The van der Waals surface area contributed by atoms with Crippen molar-refractivity contribution >= 4 is 11.6 Å². The van der Waals surface area contributed by atoms with E-state index >= 15 is 0 Å². The van der Waals surface area contributed by atoms with Crippen LogP contribution in [0.15, 0.2) is 42.5 Å². The molecule has 0 saturated carbocycles. The predicted octanol–water partition coefficient (Wildman–Crippen LogP) is 2.44. The SMILES string of the molecule is CN(C)c1ccc(C#Cc2ccc3c(c2)CCNC3=O)cc1. The van der Waals surface area contributed by atoms with E-state index < -0.39 is 0 Å². The summed E-state index contributed by atoms with van der Waals surface area (Å²) < 4.78 is 0. The number of nitrogens with one attached hydrogen (secondary N) is 1. The molecule has 3 heteroatoms. The number of anilines is 1. The molecule has 0 unspecified atom stereocenters. The van der Waals surface area contributed by atoms with E-state index in [1.54, 1.807) is 0 Å². The Kier molecular flexibility index (Phi) is 3.84. The zero-order valence-electron chi connectivity index (χ0n) is 12.8. The number of hydrogen-bond acceptors (Lipinski definition) is 2. The predicted molar refractivity (Wildman–Crippen MR) is 89.2 cm³/mol. The minimum absolute atomic E-state index is 0.0139. The maximum atomic E-state index is 11.7. The molecule has 2 aromatic rings. The number of rotatable bonds is 1. The van der Waals surface area contributed by atoms with Gasteiger partial charge < -0.3 is 10.2 Å². The molecule has 110 valence electrons. The van der Waals surface area contributed by atoms with E-state index in [0.29, 0.717) is 6.54 Å². The van der Waals surface area contributed by atoms with Crippen LogP contribution in [0.25, 0.3) is 0 Å². The van der Waals surface area contributed by atoms with Gasteiger partial charge in [0.05, 0.1) is 0 Å². The third-order valence-electron chi connectivity index (χ3n) is 3.76. The van der Waals surface area contributed by atoms with Crippen LogP contribution in [0.4, 0.5) is 5.69 Å². The molecule has 0 atom stereocenters. The van der Waals surface area contributed by atoms with E-state index in [0.717, 1.165) is 34.4 Å². The van der Waals surface area contributed by atoms with Crippen LogP contribution in [-0.4, -0.2) is 26.5 Å². The molecular formula is C19H18N2O. The normalized spacial score (nSPS) is 12.7. The summed E-state index contributed by atoms with van der Waals surface area (Å²) in [6.07, 6.45) is 0.869. The van der Waals surface area contributed by atoms with E-state index in [9.17, 15) is 4.79 Å². The summed E-state index contributed by atoms with van der Waals surface area (Å²) >= 11 is 0. The summed E-state index contributed by atoms with van der Waals surface area (Å²) in [7, 11) is 4.04. The maximum absolute atomic E-state index is 11.7. The van der Waals surface area contributed by atoms with Crippen molar-refractivity contribution in [2.24, 2.45) is 0 Å². The first-order valence-corrected chi connectivity index (χ1v) is 7.34. The van der Waals surface area contributed by atoms with Crippen LogP contribution in [0, 0.1) is 11.8 Å². The summed E-state index contributed by atoms with van der Waals surface area (Å²) in [4.78, 5) is 13.8. The van der Waals surface area contributed by atoms with E-state index in [1.165, 1.54) is 0 Å². The molecule has 1 N–H and O–H groups in total. The van der Waals surface area contributed by atoms with Gasteiger partial charge in [0.1, 0.15) is 0 Å². The molecule has 1 heterocycles. The van der Waals surface area contributed by atoms with Crippen molar-refractivity contribution in [3.8, 4) is 11.8 Å². The van der Waals surface area contributed by atoms with E-state index in [2.05, 4.69) is 34.2 Å². The maximum Gasteiger partial charge on any atom is 0.251 e. The van der Waals surface area contributed by atoms with Crippen molar-refractivity contribution in [3.63, 3.8) is 0 Å². The third-order valence-corrected chi connectivity index (χ3v) is 3.76. The molecule has 3 nitrogen and oxygen atoms in total. The van der Waals surface area contributed by atoms with Crippen molar-refractivity contribution in [2.45, 2.75) is 6.42 Å². The van der Waals surface area contributed by atoms with Crippen LogP contribution in [0.1, 0.15) is 27.0 Å². The highest BCUT2D eigenvalue weighted by Gasteiger charge is 2.15. The molecule has 0 aliphatic carbocycles. The largest absolute Gasteiger partial charge is 0.378 e. The second-order valence-corrected chi connectivity index (χ2v) is 5.57. The van der Waals surface area contributed by atoms with Crippen LogP contribution in [0.5, 0.6) is 0 Å². The fourth-order valence-corrected chi connectivity index (χ4v) is 2.49. The Morgan fingerprint density at radius 3 is 2.41 bits per heavy atom. The molecule has 1 amide bonds. The Labute approximate surface area is 131 Å². The van der Waals surface area contributed by atoms with Gasteiger partial charge in [0.25, 0.3) is 5.91 Å². The minimum atomic E-state index is 0.0139. The van der Waals surface area contributed by atoms with Crippen LogP contribution < -0.4 is 10.2 Å². The molecule has 1 aliphatic rings. The average Bonchev–Trinajstić information content (AvgIpc) is 2.53. The standard InChI is InChI=1S/C19H18N2O/c1-21(2)17-8-5-14(6-9-17)3-4-15-7-10-18-16(13-15)11-12-20-19(18)22/h5-10,13H,11-12H2,1-2H3,(H,20,22). The Morgan fingerprint density at radius 1 is 1.00 bits per heavy atom. The zero-order valence-corrected chi connectivity index (χ0v) is 12.8. The number of fused-ring (bicyclic) bond motifs is 1. The first kappa shape index (κ1) is 14.2. The monoisotopic (exact) mass is 290 g/mol. The summed E-state index contributed by atoms with van der Waals surface area (Å²) in [5.74, 6) is 6.37. The molecule has 2 aromatic carbocycles. The van der Waals surface area contributed by atoms with Gasteiger partial charge in [0.2, 0.25) is 0 Å². The molecule has 0 fully saturated rings. The van der Waals surface area contributed by atoms with Gasteiger partial charge in [-0.3, -0.25) is 4.79 Å². The van der Waals surface area contributed by atoms with Crippen molar-refractivity contribution < 1.29 is 4.79 Å². The lowest BCUT2D eigenvalue weighted by atomic mass is 9.98. The van der Waals surface area contributed by atoms with Gasteiger partial charge in [0.15, 0.2) is 0 Å². The van der Waals surface area contributed by atoms with Crippen LogP contribution in [-0.2, 0) is 6.42 Å². The van der Waals surface area contributed by atoms with E-state index in [4.69, 9.17) is 0 Å². The smallest absolute Gasteiger partial charge is 0.251 e. The average molecular weight is 290 g/mol. The van der Waals surface area contributed by atoms with Crippen LogP contribution in [0.2, 0.25) is 0 Å². The van der Waals surface area contributed by atoms with E-state index in [-0.39, 0.29) is 5.91 Å². The topological polar surface area (TPSA) is 32.3 Å². The van der Waals surface area contributed by atoms with E-state index in [1.807, 2.05) is 44.4 Å². The first-order chi connectivity index (χ1) is 10.6. The highest BCUT2D eigenvalue weighted by atomic mass is 16.1. The quantitative estimate of drug-likeness (QED) is 0.818. The molecule has 0 aromatic heterocycles. The molecular weight excluding hydrogens is 272 g/mol. The summed E-state index contributed by atoms with van der Waals surface area (Å²) in [6.45, 7) is 0.703. The number of hydrogen-bond donors (Lipinski definition) is 1. The molecule has 22 heavy (non-hydrogen) atoms. The van der Waals surface area contributed by atoms with Crippen LogP contribution in [0.3, 0.4) is 0 Å². The first-order valence-electron chi connectivity index (χ1n) is 7.34. The van der Waals surface area contributed by atoms with Gasteiger partial charge in [-0.2, -0.15) is 0 Å². The van der Waals surface area contributed by atoms with Crippen molar-refractivity contribution in [3.05, 3.63) is 64.7 Å². The third kappa shape index (κ3) is 2.96. The molecule has 0 saturated heterocycles. The van der Waals surface area contributed by atoms with Crippen molar-refractivity contribution in [1.29, 1.82) is 0 Å². The Balaban J connectivity index is 1.83. The molecule has 1 aliphatic heterocycles. The number of benzene rings is 2. The lowest BCUT2D eigenvalue weighted by Gasteiger charge is -2.16. The van der Waals surface area contributed by atoms with Crippen LogP contribution >= 0.6 is 0 Å². The fourth-order valence-electron chi connectivity index (χ4n) is 2.49. The minimum Gasteiger partial charge on any atom is -0.378 e. The Morgan fingerprint density at radius 2 is 1.68 bits per heavy atom. The molecule has 3 rings (SSSR count). The highest BCUT2D eigenvalue weighted by molar-refractivity contribution is 5.96. The van der Waals surface area contributed by atoms with Gasteiger partial charge in [-0.25, -0.2) is 0 Å². The van der Waals surface area contributed by atoms with Gasteiger partial charge in [-0.15, -0.1) is 0 Å². The summed E-state index contributed by atoms with van der Waals surface area (Å²) in [5, 5.41) is 2.85. The van der Waals surface area contributed by atoms with Crippen molar-refractivity contribution in [1.82, 2.24) is 5.32 Å². The van der Waals surface area contributed by atoms with Crippen molar-refractivity contribution in [2.75, 3.05) is 25.5 Å². The van der Waals surface area contributed by atoms with Gasteiger partial charge in [-0.1, -0.05) is 11.8 Å². The number of amides is 1.